The quantitative estimate of drug-likeness (QED) is 0.422. The van der Waals surface area contributed by atoms with E-state index in [0.717, 1.165) is 6.54 Å². The van der Waals surface area contributed by atoms with Gasteiger partial charge in [-0.1, -0.05) is 51.9 Å². The predicted octanol–water partition coefficient (Wildman–Crippen LogP) is 1.84. The van der Waals surface area contributed by atoms with Gasteiger partial charge < -0.3 is 10.6 Å². The lowest BCUT2D eigenvalue weighted by Gasteiger charge is -2.01. The molecule has 0 aromatic heterocycles. The van der Waals surface area contributed by atoms with Gasteiger partial charge in [0.05, 0.1) is 6.73 Å². The van der Waals surface area contributed by atoms with Gasteiger partial charge in [0.25, 0.3) is 0 Å². The van der Waals surface area contributed by atoms with Crippen LogP contribution in [-0.4, -0.2) is 23.9 Å². The molecule has 3 heteroatoms. The van der Waals surface area contributed by atoms with Crippen LogP contribution in [0.2, 0.25) is 0 Å². The van der Waals surface area contributed by atoms with E-state index < -0.39 is 0 Å². The van der Waals surface area contributed by atoms with Crippen molar-refractivity contribution in [1.29, 1.82) is 0 Å². The van der Waals surface area contributed by atoms with Crippen LogP contribution in [0.15, 0.2) is 0 Å². The summed E-state index contributed by atoms with van der Waals surface area (Å²) in [5, 5.41) is 11.4. The lowest BCUT2D eigenvalue weighted by atomic mass is 10.1. The first kappa shape index (κ1) is 16.3. The maximum atomic E-state index is 8.45. The molecule has 0 fully saturated rings. The molecule has 0 aliphatic carbocycles. The molecular weight excluding hydrogens is 178 g/mol. The first-order valence-corrected chi connectivity index (χ1v) is 5.73. The van der Waals surface area contributed by atoms with Crippen molar-refractivity contribution in [2.45, 2.75) is 58.3 Å². The van der Waals surface area contributed by atoms with E-state index in [1.54, 1.807) is 0 Å². The SMILES string of the molecule is CCCCCCCCCCNCO.O. The van der Waals surface area contributed by atoms with E-state index in [4.69, 9.17) is 5.11 Å². The summed E-state index contributed by atoms with van der Waals surface area (Å²) in [6.07, 6.45) is 10.8. The first-order chi connectivity index (χ1) is 6.41. The second-order valence-corrected chi connectivity index (χ2v) is 3.63. The third-order valence-corrected chi connectivity index (χ3v) is 2.32. The van der Waals surface area contributed by atoms with E-state index in [2.05, 4.69) is 12.2 Å². The van der Waals surface area contributed by atoms with Gasteiger partial charge in [0.2, 0.25) is 0 Å². The minimum atomic E-state index is 0. The number of hydrogen-bond donors (Lipinski definition) is 2. The van der Waals surface area contributed by atoms with Gasteiger partial charge in [0, 0.05) is 0 Å². The molecule has 4 N–H and O–H groups in total. The van der Waals surface area contributed by atoms with Crippen LogP contribution in [0, 0.1) is 0 Å². The Morgan fingerprint density at radius 2 is 1.36 bits per heavy atom. The maximum absolute atomic E-state index is 8.45. The molecule has 0 bridgehead atoms. The highest BCUT2D eigenvalue weighted by Crippen LogP contribution is 2.07. The molecule has 0 amide bonds. The molecule has 0 atom stereocenters. The third kappa shape index (κ3) is 14.4. The summed E-state index contributed by atoms with van der Waals surface area (Å²) in [4.78, 5) is 0. The molecule has 0 unspecified atom stereocenters. The van der Waals surface area contributed by atoms with Gasteiger partial charge in [-0.2, -0.15) is 0 Å². The van der Waals surface area contributed by atoms with Crippen LogP contribution < -0.4 is 5.32 Å². The highest BCUT2D eigenvalue weighted by molar-refractivity contribution is 4.47. The molecule has 0 aliphatic heterocycles. The van der Waals surface area contributed by atoms with E-state index in [1.807, 2.05) is 0 Å². The largest absolute Gasteiger partial charge is 0.412 e. The topological polar surface area (TPSA) is 63.8 Å². The Hall–Kier alpha value is -0.120. The van der Waals surface area contributed by atoms with Gasteiger partial charge in [-0.05, 0) is 13.0 Å². The Bertz CT molecular complexity index is 79.4. The highest BCUT2D eigenvalue weighted by atomic mass is 16.3. The van der Waals surface area contributed by atoms with E-state index in [1.165, 1.54) is 51.4 Å². The molecule has 0 heterocycles. The molecule has 0 rings (SSSR count). The summed E-state index contributed by atoms with van der Waals surface area (Å²) < 4.78 is 0. The fraction of sp³-hybridized carbons (Fsp3) is 1.00. The van der Waals surface area contributed by atoms with Crippen LogP contribution in [0.25, 0.3) is 0 Å². The summed E-state index contributed by atoms with van der Waals surface area (Å²) >= 11 is 0. The zero-order valence-corrected chi connectivity index (χ0v) is 9.52. The minimum absolute atomic E-state index is 0. The average molecular weight is 205 g/mol. The maximum Gasteiger partial charge on any atom is 0.0931 e. The van der Waals surface area contributed by atoms with Crippen LogP contribution >= 0.6 is 0 Å². The lowest BCUT2D eigenvalue weighted by molar-refractivity contribution is 0.260. The van der Waals surface area contributed by atoms with Crippen molar-refractivity contribution in [3.05, 3.63) is 0 Å². The normalized spacial score (nSPS) is 9.86. The van der Waals surface area contributed by atoms with E-state index in [9.17, 15) is 0 Å². The summed E-state index contributed by atoms with van der Waals surface area (Å²) in [5.41, 5.74) is 0. The molecule has 0 saturated carbocycles. The fourth-order valence-electron chi connectivity index (χ4n) is 1.46. The summed E-state index contributed by atoms with van der Waals surface area (Å²) in [6, 6.07) is 0. The lowest BCUT2D eigenvalue weighted by Crippen LogP contribution is -2.15. The molecule has 0 aromatic rings. The Morgan fingerprint density at radius 1 is 0.857 bits per heavy atom. The molecular formula is C11H27NO2. The second-order valence-electron chi connectivity index (χ2n) is 3.63. The third-order valence-electron chi connectivity index (χ3n) is 2.32. The molecule has 14 heavy (non-hydrogen) atoms. The Kier molecular flexibility index (Phi) is 17.9. The van der Waals surface area contributed by atoms with E-state index in [-0.39, 0.29) is 12.2 Å². The number of aliphatic hydroxyl groups excluding tert-OH is 1. The highest BCUT2D eigenvalue weighted by Gasteiger charge is 1.90. The monoisotopic (exact) mass is 205 g/mol. The van der Waals surface area contributed by atoms with Crippen molar-refractivity contribution in [1.82, 2.24) is 5.32 Å². The van der Waals surface area contributed by atoms with Crippen LogP contribution in [0.5, 0.6) is 0 Å². The molecule has 0 aliphatic rings. The van der Waals surface area contributed by atoms with E-state index >= 15 is 0 Å². The van der Waals surface area contributed by atoms with Gasteiger partial charge in [-0.3, -0.25) is 5.32 Å². The molecule has 3 nitrogen and oxygen atoms in total. The van der Waals surface area contributed by atoms with Gasteiger partial charge in [-0.15, -0.1) is 0 Å². The van der Waals surface area contributed by atoms with Gasteiger partial charge in [0.15, 0.2) is 0 Å². The number of unbranched alkanes of at least 4 members (excludes halogenated alkanes) is 7. The smallest absolute Gasteiger partial charge is 0.0931 e. The van der Waals surface area contributed by atoms with Crippen molar-refractivity contribution in [3.63, 3.8) is 0 Å². The van der Waals surface area contributed by atoms with Crippen LogP contribution in [0.4, 0.5) is 0 Å². The Morgan fingerprint density at radius 3 is 1.86 bits per heavy atom. The molecule has 0 spiro atoms. The zero-order valence-electron chi connectivity index (χ0n) is 9.52. The van der Waals surface area contributed by atoms with Crippen molar-refractivity contribution >= 4 is 0 Å². The first-order valence-electron chi connectivity index (χ1n) is 5.73. The van der Waals surface area contributed by atoms with Crippen LogP contribution in [-0.2, 0) is 0 Å². The summed E-state index contributed by atoms with van der Waals surface area (Å²) in [5.74, 6) is 0. The van der Waals surface area contributed by atoms with Crippen LogP contribution in [0.1, 0.15) is 58.3 Å². The predicted molar refractivity (Wildman–Crippen MR) is 61.3 cm³/mol. The number of nitrogens with one attached hydrogen (secondary N) is 1. The fourth-order valence-corrected chi connectivity index (χ4v) is 1.46. The van der Waals surface area contributed by atoms with Gasteiger partial charge in [0.1, 0.15) is 0 Å². The van der Waals surface area contributed by atoms with E-state index in [0.29, 0.717) is 0 Å². The standard InChI is InChI=1S/C11H25NO.H2O/c1-2-3-4-5-6-7-8-9-10-12-11-13;/h12-13H,2-11H2,1H3;1H2. The van der Waals surface area contributed by atoms with Gasteiger partial charge in [-0.25, -0.2) is 0 Å². The number of hydrogen-bond acceptors (Lipinski definition) is 2. The second kappa shape index (κ2) is 15.4. The van der Waals surface area contributed by atoms with Crippen molar-refractivity contribution in [2.24, 2.45) is 0 Å². The summed E-state index contributed by atoms with van der Waals surface area (Å²) in [6.45, 7) is 3.34. The zero-order chi connectivity index (χ0) is 9.78. The Labute approximate surface area is 88.2 Å². The number of rotatable bonds is 10. The van der Waals surface area contributed by atoms with Crippen molar-refractivity contribution in [2.75, 3.05) is 13.3 Å². The average Bonchev–Trinajstić information content (AvgIpc) is 2.16. The number of aliphatic hydroxyl groups is 1. The van der Waals surface area contributed by atoms with Crippen molar-refractivity contribution in [3.8, 4) is 0 Å². The molecule has 0 saturated heterocycles. The summed E-state index contributed by atoms with van der Waals surface area (Å²) in [7, 11) is 0. The molecule has 0 radical (unpaired) electrons. The molecule has 0 aromatic carbocycles. The Balaban J connectivity index is 0. The molecule has 88 valence electrons. The minimum Gasteiger partial charge on any atom is -0.412 e. The van der Waals surface area contributed by atoms with Crippen LogP contribution in [0.3, 0.4) is 0 Å². The van der Waals surface area contributed by atoms with Gasteiger partial charge >= 0.3 is 0 Å². The van der Waals surface area contributed by atoms with Crippen molar-refractivity contribution < 1.29 is 10.6 Å².